The molecule has 5 rings (SSSR count). The maximum absolute atomic E-state index is 14.3. The Balaban J connectivity index is 1.40. The van der Waals surface area contributed by atoms with Gasteiger partial charge in [-0.25, -0.2) is 8.78 Å². The van der Waals surface area contributed by atoms with Gasteiger partial charge in [0, 0.05) is 53.9 Å². The summed E-state index contributed by atoms with van der Waals surface area (Å²) in [5.41, 5.74) is 2.58. The topological polar surface area (TPSA) is 74.3 Å². The first-order chi connectivity index (χ1) is 17.0. The summed E-state index contributed by atoms with van der Waals surface area (Å²) >= 11 is 0. The van der Waals surface area contributed by atoms with Gasteiger partial charge in [-0.3, -0.25) is 14.6 Å². The summed E-state index contributed by atoms with van der Waals surface area (Å²) in [7, 11) is 0. The van der Waals surface area contributed by atoms with Crippen molar-refractivity contribution in [2.45, 2.75) is 0 Å². The fraction of sp³-hybridized carbons (Fsp3) is 0.148. The van der Waals surface area contributed by atoms with E-state index >= 15 is 0 Å². The number of ketones is 1. The molecular formula is C27H22F2N4O2. The zero-order chi connectivity index (χ0) is 24.4. The van der Waals surface area contributed by atoms with Crippen molar-refractivity contribution in [1.29, 1.82) is 0 Å². The number of halogens is 2. The molecular weight excluding hydrogens is 450 g/mol. The van der Waals surface area contributed by atoms with Crippen LogP contribution in [0.2, 0.25) is 0 Å². The van der Waals surface area contributed by atoms with E-state index in [2.05, 4.69) is 20.5 Å². The number of anilines is 2. The lowest BCUT2D eigenvalue weighted by Crippen LogP contribution is -2.43. The highest BCUT2D eigenvalue weighted by molar-refractivity contribution is 6.11. The number of fused-ring (bicyclic) bond motifs is 1. The predicted octanol–water partition coefficient (Wildman–Crippen LogP) is 4.41. The van der Waals surface area contributed by atoms with Gasteiger partial charge in [-0.15, -0.1) is 0 Å². The molecule has 1 aliphatic rings. The fourth-order valence-electron chi connectivity index (χ4n) is 4.12. The Labute approximate surface area is 200 Å². The second-order valence-electron chi connectivity index (χ2n) is 8.36. The van der Waals surface area contributed by atoms with E-state index in [4.69, 9.17) is 0 Å². The highest BCUT2D eigenvalue weighted by Crippen LogP contribution is 2.24. The van der Waals surface area contributed by atoms with E-state index in [1.807, 2.05) is 12.3 Å². The molecule has 2 heterocycles. The monoisotopic (exact) mass is 472 g/mol. The average molecular weight is 472 g/mol. The van der Waals surface area contributed by atoms with Crippen LogP contribution >= 0.6 is 0 Å². The molecule has 0 spiro atoms. The Hall–Kier alpha value is -4.17. The maximum Gasteiger partial charge on any atom is 0.255 e. The lowest BCUT2D eigenvalue weighted by atomic mass is 10.0. The average Bonchev–Trinajstić information content (AvgIpc) is 2.88. The van der Waals surface area contributed by atoms with Crippen LogP contribution in [-0.4, -0.2) is 42.9 Å². The second kappa shape index (κ2) is 9.60. The van der Waals surface area contributed by atoms with Crippen LogP contribution in [0.1, 0.15) is 26.3 Å². The Morgan fingerprint density at radius 1 is 0.829 bits per heavy atom. The molecule has 0 unspecified atom stereocenters. The molecule has 0 bridgehead atoms. The molecule has 8 heteroatoms. The van der Waals surface area contributed by atoms with E-state index in [-0.39, 0.29) is 22.6 Å². The Bertz CT molecular complexity index is 1420. The smallest absolute Gasteiger partial charge is 0.255 e. The molecule has 0 atom stereocenters. The van der Waals surface area contributed by atoms with E-state index in [1.54, 1.807) is 18.2 Å². The zero-order valence-corrected chi connectivity index (χ0v) is 18.7. The van der Waals surface area contributed by atoms with Crippen molar-refractivity contribution in [2.75, 3.05) is 36.4 Å². The third kappa shape index (κ3) is 5.02. The summed E-state index contributed by atoms with van der Waals surface area (Å²) in [6.45, 7) is 3.55. The first-order valence-corrected chi connectivity index (χ1v) is 11.2. The van der Waals surface area contributed by atoms with Gasteiger partial charge in [-0.05, 0) is 66.7 Å². The van der Waals surface area contributed by atoms with E-state index < -0.39 is 17.5 Å². The fourth-order valence-corrected chi connectivity index (χ4v) is 4.12. The predicted molar refractivity (Wildman–Crippen MR) is 131 cm³/mol. The summed E-state index contributed by atoms with van der Waals surface area (Å²) in [6, 6.07) is 15.8. The van der Waals surface area contributed by atoms with Gasteiger partial charge in [0.15, 0.2) is 5.78 Å². The molecule has 0 radical (unpaired) electrons. The third-order valence-corrected chi connectivity index (χ3v) is 5.94. The van der Waals surface area contributed by atoms with Gasteiger partial charge in [0.05, 0.1) is 17.4 Å². The number of amides is 1. The number of benzene rings is 3. The summed E-state index contributed by atoms with van der Waals surface area (Å²) in [4.78, 5) is 32.4. The van der Waals surface area contributed by atoms with Crippen LogP contribution in [0.25, 0.3) is 10.9 Å². The quantitative estimate of drug-likeness (QED) is 0.421. The highest BCUT2D eigenvalue weighted by Gasteiger charge is 2.16. The number of carbonyl (C=O) groups is 2. The van der Waals surface area contributed by atoms with Crippen LogP contribution < -0.4 is 15.5 Å². The number of hydrogen-bond acceptors (Lipinski definition) is 5. The van der Waals surface area contributed by atoms with Gasteiger partial charge < -0.3 is 15.5 Å². The molecule has 0 aliphatic carbocycles. The van der Waals surface area contributed by atoms with E-state index in [1.165, 1.54) is 18.2 Å². The summed E-state index contributed by atoms with van der Waals surface area (Å²) in [5, 5.41) is 6.70. The standard InChI is InChI=1S/C27H22F2N4O2/c28-21-4-1-17(2-5-21)27(35)32-23-13-20(12-22(29)15-23)26(34)18-3-6-25-19(11-18)14-24(16-31-25)33-9-7-30-8-10-33/h1-6,11-16,30H,7-10H2,(H,32,35). The minimum Gasteiger partial charge on any atom is -0.368 e. The molecule has 1 saturated heterocycles. The van der Waals surface area contributed by atoms with Gasteiger partial charge in [-0.2, -0.15) is 0 Å². The molecule has 176 valence electrons. The third-order valence-electron chi connectivity index (χ3n) is 5.94. The molecule has 1 aromatic heterocycles. The van der Waals surface area contributed by atoms with Crippen molar-refractivity contribution < 1.29 is 18.4 Å². The number of rotatable bonds is 5. The van der Waals surface area contributed by atoms with Crippen LogP contribution in [0, 0.1) is 11.6 Å². The van der Waals surface area contributed by atoms with Crippen molar-refractivity contribution in [2.24, 2.45) is 0 Å². The summed E-state index contributed by atoms with van der Waals surface area (Å²) < 4.78 is 27.5. The number of nitrogens with one attached hydrogen (secondary N) is 2. The van der Waals surface area contributed by atoms with Crippen LogP contribution in [-0.2, 0) is 0 Å². The largest absolute Gasteiger partial charge is 0.368 e. The van der Waals surface area contributed by atoms with Gasteiger partial charge >= 0.3 is 0 Å². The molecule has 2 N–H and O–H groups in total. The number of hydrogen-bond donors (Lipinski definition) is 2. The van der Waals surface area contributed by atoms with Crippen LogP contribution in [0.15, 0.2) is 72.9 Å². The summed E-state index contributed by atoms with van der Waals surface area (Å²) in [6.07, 6.45) is 1.83. The number of nitrogens with zero attached hydrogens (tertiary/aromatic N) is 2. The van der Waals surface area contributed by atoms with Crippen molar-refractivity contribution >= 4 is 34.0 Å². The van der Waals surface area contributed by atoms with Crippen LogP contribution in [0.5, 0.6) is 0 Å². The van der Waals surface area contributed by atoms with Crippen molar-refractivity contribution in [1.82, 2.24) is 10.3 Å². The normalized spacial score (nSPS) is 13.6. The minimum absolute atomic E-state index is 0.102. The van der Waals surface area contributed by atoms with Crippen molar-refractivity contribution in [3.05, 3.63) is 101 Å². The minimum atomic E-state index is -0.659. The highest BCUT2D eigenvalue weighted by atomic mass is 19.1. The number of pyridine rings is 1. The second-order valence-corrected chi connectivity index (χ2v) is 8.36. The molecule has 0 saturated carbocycles. The molecule has 3 aromatic carbocycles. The lowest BCUT2D eigenvalue weighted by molar-refractivity contribution is 0.102. The van der Waals surface area contributed by atoms with Crippen LogP contribution in [0.4, 0.5) is 20.2 Å². The number of piperazine rings is 1. The van der Waals surface area contributed by atoms with Gasteiger partial charge in [0.2, 0.25) is 0 Å². The molecule has 1 fully saturated rings. The Morgan fingerprint density at radius 2 is 1.57 bits per heavy atom. The molecule has 4 aromatic rings. The van der Waals surface area contributed by atoms with E-state index in [9.17, 15) is 18.4 Å². The Morgan fingerprint density at radius 3 is 2.34 bits per heavy atom. The van der Waals surface area contributed by atoms with Gasteiger partial charge in [0.1, 0.15) is 11.6 Å². The van der Waals surface area contributed by atoms with Gasteiger partial charge in [0.25, 0.3) is 5.91 Å². The van der Waals surface area contributed by atoms with Gasteiger partial charge in [-0.1, -0.05) is 0 Å². The molecule has 1 amide bonds. The van der Waals surface area contributed by atoms with E-state index in [0.29, 0.717) is 5.56 Å². The maximum atomic E-state index is 14.3. The van der Waals surface area contributed by atoms with Crippen molar-refractivity contribution in [3.8, 4) is 0 Å². The Kier molecular flexibility index (Phi) is 6.20. The zero-order valence-electron chi connectivity index (χ0n) is 18.7. The first-order valence-electron chi connectivity index (χ1n) is 11.2. The number of aromatic nitrogens is 1. The molecule has 1 aliphatic heterocycles. The summed E-state index contributed by atoms with van der Waals surface area (Å²) in [5.74, 6) is -2.04. The van der Waals surface area contributed by atoms with E-state index in [0.717, 1.165) is 67.0 Å². The molecule has 6 nitrogen and oxygen atoms in total. The lowest BCUT2D eigenvalue weighted by Gasteiger charge is -2.29. The SMILES string of the molecule is O=C(Nc1cc(F)cc(C(=O)c2ccc3ncc(N4CCNCC4)cc3c2)c1)c1ccc(F)cc1. The van der Waals surface area contributed by atoms with Crippen LogP contribution in [0.3, 0.4) is 0 Å². The first kappa shape index (κ1) is 22.6. The molecule has 35 heavy (non-hydrogen) atoms. The van der Waals surface area contributed by atoms with Crippen molar-refractivity contribution in [3.63, 3.8) is 0 Å². The number of carbonyl (C=O) groups excluding carboxylic acids is 2.